The average molecular weight is 347 g/mol. The van der Waals surface area contributed by atoms with Crippen molar-refractivity contribution in [2.75, 3.05) is 6.54 Å². The molecule has 0 saturated carbocycles. The Labute approximate surface area is 142 Å². The van der Waals surface area contributed by atoms with Crippen molar-refractivity contribution in [3.05, 3.63) is 63.7 Å². The van der Waals surface area contributed by atoms with E-state index in [1.165, 1.54) is 36.4 Å². The summed E-state index contributed by atoms with van der Waals surface area (Å²) < 4.78 is 0. The van der Waals surface area contributed by atoms with E-state index in [-0.39, 0.29) is 23.7 Å². The van der Waals surface area contributed by atoms with Crippen molar-refractivity contribution < 1.29 is 25.0 Å². The van der Waals surface area contributed by atoms with Gasteiger partial charge in [-0.15, -0.1) is 0 Å². The summed E-state index contributed by atoms with van der Waals surface area (Å²) in [5.74, 6) is -1.53. The van der Waals surface area contributed by atoms with Crippen LogP contribution < -0.4 is 11.1 Å². The minimum atomic E-state index is -1.19. The van der Waals surface area contributed by atoms with Crippen LogP contribution in [0.25, 0.3) is 0 Å². The third-order valence-electron chi connectivity index (χ3n) is 3.62. The standard InChI is InChI=1S/C16H17N3O6/c17-13(16(22)23)8-18-15(12-6-5-11(20)7-14(12)21)9-1-3-10(4-2-9)19(24)25/h1-7,13,15,18,20-21H,8,17H2,(H,22,23)/t13-,15?/m0/s1. The van der Waals surface area contributed by atoms with Gasteiger partial charge in [-0.25, -0.2) is 0 Å². The molecule has 0 heterocycles. The van der Waals surface area contributed by atoms with Crippen LogP contribution in [0.15, 0.2) is 42.5 Å². The van der Waals surface area contributed by atoms with Gasteiger partial charge in [0.05, 0.1) is 11.0 Å². The van der Waals surface area contributed by atoms with Crippen molar-refractivity contribution in [1.29, 1.82) is 0 Å². The van der Waals surface area contributed by atoms with Gasteiger partial charge >= 0.3 is 5.97 Å². The lowest BCUT2D eigenvalue weighted by Crippen LogP contribution is -2.41. The largest absolute Gasteiger partial charge is 0.508 e. The number of aliphatic carboxylic acids is 1. The fraction of sp³-hybridized carbons (Fsp3) is 0.188. The first kappa shape index (κ1) is 18.2. The summed E-state index contributed by atoms with van der Waals surface area (Å²) in [6.07, 6.45) is 0. The van der Waals surface area contributed by atoms with Crippen molar-refractivity contribution in [3.8, 4) is 11.5 Å². The second-order valence-corrected chi connectivity index (χ2v) is 5.38. The van der Waals surface area contributed by atoms with Gasteiger partial charge in [-0.05, 0) is 17.7 Å². The zero-order valence-corrected chi connectivity index (χ0v) is 13.0. The first-order chi connectivity index (χ1) is 11.8. The number of non-ortho nitro benzene ring substituents is 1. The lowest BCUT2D eigenvalue weighted by molar-refractivity contribution is -0.384. The molecule has 0 fully saturated rings. The van der Waals surface area contributed by atoms with Crippen molar-refractivity contribution >= 4 is 11.7 Å². The van der Waals surface area contributed by atoms with E-state index in [0.717, 1.165) is 6.07 Å². The smallest absolute Gasteiger partial charge is 0.321 e. The molecule has 2 aromatic rings. The third kappa shape index (κ3) is 4.43. The van der Waals surface area contributed by atoms with Crippen molar-refractivity contribution in [2.45, 2.75) is 12.1 Å². The summed E-state index contributed by atoms with van der Waals surface area (Å²) in [5.41, 5.74) is 6.32. The van der Waals surface area contributed by atoms with Crippen LogP contribution in [0.3, 0.4) is 0 Å². The second-order valence-electron chi connectivity index (χ2n) is 5.38. The number of hydrogen-bond donors (Lipinski definition) is 5. The molecule has 0 aromatic heterocycles. The predicted molar refractivity (Wildman–Crippen MR) is 88.3 cm³/mol. The Balaban J connectivity index is 2.37. The molecule has 2 atom stereocenters. The Hall–Kier alpha value is -3.17. The van der Waals surface area contributed by atoms with E-state index in [9.17, 15) is 25.1 Å². The molecular formula is C16H17N3O6. The molecule has 0 aliphatic carbocycles. The topological polar surface area (TPSA) is 159 Å². The highest BCUT2D eigenvalue weighted by molar-refractivity contribution is 5.73. The number of nitrogens with one attached hydrogen (secondary N) is 1. The molecule has 6 N–H and O–H groups in total. The molecule has 0 aliphatic rings. The minimum Gasteiger partial charge on any atom is -0.508 e. The normalized spacial score (nSPS) is 13.2. The van der Waals surface area contributed by atoms with Gasteiger partial charge in [0.15, 0.2) is 0 Å². The SMILES string of the molecule is N[C@@H](CNC(c1ccc([N+](=O)[O-])cc1)c1ccc(O)cc1O)C(=O)O. The molecule has 9 heteroatoms. The fourth-order valence-electron chi connectivity index (χ4n) is 2.30. The Morgan fingerprint density at radius 2 is 1.84 bits per heavy atom. The number of carboxylic acids is 1. The number of nitro groups is 1. The van der Waals surface area contributed by atoms with Crippen LogP contribution in [0.5, 0.6) is 11.5 Å². The number of nitrogens with zero attached hydrogens (tertiary/aromatic N) is 1. The molecule has 0 amide bonds. The molecule has 25 heavy (non-hydrogen) atoms. The molecular weight excluding hydrogens is 330 g/mol. The fourth-order valence-corrected chi connectivity index (χ4v) is 2.30. The van der Waals surface area contributed by atoms with Crippen LogP contribution in [-0.4, -0.2) is 38.8 Å². The predicted octanol–water partition coefficient (Wildman–Crippen LogP) is 1.10. The monoisotopic (exact) mass is 347 g/mol. The Bertz CT molecular complexity index is 778. The van der Waals surface area contributed by atoms with Crippen LogP contribution in [0, 0.1) is 10.1 Å². The minimum absolute atomic E-state index is 0.0975. The highest BCUT2D eigenvalue weighted by atomic mass is 16.6. The molecule has 1 unspecified atom stereocenters. The van der Waals surface area contributed by atoms with Gasteiger partial charge in [0.1, 0.15) is 17.5 Å². The quantitative estimate of drug-likeness (QED) is 0.368. The highest BCUT2D eigenvalue weighted by Crippen LogP contribution is 2.32. The van der Waals surface area contributed by atoms with Crippen LogP contribution in [0.4, 0.5) is 5.69 Å². The van der Waals surface area contributed by atoms with Gasteiger partial charge in [-0.1, -0.05) is 12.1 Å². The number of phenolic OH excluding ortho intramolecular Hbond substituents is 2. The number of aromatic hydroxyl groups is 2. The molecule has 9 nitrogen and oxygen atoms in total. The zero-order chi connectivity index (χ0) is 18.6. The number of nitrogens with two attached hydrogens (primary N) is 1. The first-order valence-corrected chi connectivity index (χ1v) is 7.27. The number of carbonyl (C=O) groups is 1. The summed E-state index contributed by atoms with van der Waals surface area (Å²) in [5, 5.41) is 42.1. The summed E-state index contributed by atoms with van der Waals surface area (Å²) >= 11 is 0. The second kappa shape index (κ2) is 7.60. The van der Waals surface area contributed by atoms with Crippen molar-refractivity contribution in [1.82, 2.24) is 5.32 Å². The molecule has 132 valence electrons. The van der Waals surface area contributed by atoms with Gasteiger partial charge in [0, 0.05) is 30.3 Å². The van der Waals surface area contributed by atoms with E-state index in [1.54, 1.807) is 0 Å². The number of nitro benzene ring substituents is 1. The van der Waals surface area contributed by atoms with E-state index < -0.39 is 23.0 Å². The number of phenols is 2. The first-order valence-electron chi connectivity index (χ1n) is 7.27. The van der Waals surface area contributed by atoms with E-state index in [2.05, 4.69) is 5.32 Å². The van der Waals surface area contributed by atoms with Crippen LogP contribution in [0.2, 0.25) is 0 Å². The highest BCUT2D eigenvalue weighted by Gasteiger charge is 2.21. The van der Waals surface area contributed by atoms with E-state index in [0.29, 0.717) is 11.1 Å². The van der Waals surface area contributed by atoms with Crippen molar-refractivity contribution in [2.24, 2.45) is 5.73 Å². The summed E-state index contributed by atoms with van der Waals surface area (Å²) in [6.45, 7) is -0.0999. The van der Waals surface area contributed by atoms with Crippen LogP contribution in [0.1, 0.15) is 17.2 Å². The summed E-state index contributed by atoms with van der Waals surface area (Å²) in [6, 6.07) is 7.74. The van der Waals surface area contributed by atoms with Gasteiger partial charge in [-0.3, -0.25) is 14.9 Å². The van der Waals surface area contributed by atoms with Crippen LogP contribution in [-0.2, 0) is 4.79 Å². The van der Waals surface area contributed by atoms with E-state index >= 15 is 0 Å². The third-order valence-corrected chi connectivity index (χ3v) is 3.62. The lowest BCUT2D eigenvalue weighted by atomic mass is 9.97. The maximum Gasteiger partial charge on any atom is 0.321 e. The number of carboxylic acid groups (broad SMARTS) is 1. The lowest BCUT2D eigenvalue weighted by Gasteiger charge is -2.22. The van der Waals surface area contributed by atoms with Crippen LogP contribution >= 0.6 is 0 Å². The van der Waals surface area contributed by atoms with Gasteiger partial charge < -0.3 is 26.4 Å². The molecule has 0 bridgehead atoms. The Morgan fingerprint density at radius 1 is 1.20 bits per heavy atom. The Kier molecular flexibility index (Phi) is 5.52. The number of benzene rings is 2. The molecule has 0 saturated heterocycles. The molecule has 2 aromatic carbocycles. The van der Waals surface area contributed by atoms with Crippen molar-refractivity contribution in [3.63, 3.8) is 0 Å². The molecule has 0 radical (unpaired) electrons. The zero-order valence-electron chi connectivity index (χ0n) is 13.0. The Morgan fingerprint density at radius 3 is 2.36 bits per heavy atom. The summed E-state index contributed by atoms with van der Waals surface area (Å²) in [4.78, 5) is 21.1. The average Bonchev–Trinajstić information content (AvgIpc) is 2.56. The molecule has 0 aliphatic heterocycles. The van der Waals surface area contributed by atoms with Gasteiger partial charge in [0.2, 0.25) is 0 Å². The number of rotatable bonds is 7. The summed E-state index contributed by atoms with van der Waals surface area (Å²) in [7, 11) is 0. The van der Waals surface area contributed by atoms with E-state index in [4.69, 9.17) is 10.8 Å². The van der Waals surface area contributed by atoms with Gasteiger partial charge in [0.25, 0.3) is 5.69 Å². The molecule has 0 spiro atoms. The van der Waals surface area contributed by atoms with E-state index in [1.807, 2.05) is 0 Å². The maximum absolute atomic E-state index is 10.9. The van der Waals surface area contributed by atoms with Gasteiger partial charge in [-0.2, -0.15) is 0 Å². The maximum atomic E-state index is 10.9. The molecule has 2 rings (SSSR count). The number of hydrogen-bond acceptors (Lipinski definition) is 7.